The molecule has 0 saturated carbocycles. The van der Waals surface area contributed by atoms with Crippen LogP contribution in [0.25, 0.3) is 0 Å². The topological polar surface area (TPSA) is 44.8 Å². The fourth-order valence-corrected chi connectivity index (χ4v) is 5.33. The monoisotopic (exact) mass is 447 g/mol. The zero-order chi connectivity index (χ0) is 21.8. The number of thiophene rings is 1. The van der Waals surface area contributed by atoms with Gasteiger partial charge in [0.15, 0.2) is 0 Å². The Balaban J connectivity index is 1.13. The van der Waals surface area contributed by atoms with E-state index in [0.29, 0.717) is 6.54 Å². The van der Waals surface area contributed by atoms with Gasteiger partial charge in [0, 0.05) is 44.0 Å². The second kappa shape index (κ2) is 9.86. The maximum absolute atomic E-state index is 12.9. The molecule has 5 rings (SSSR count). The summed E-state index contributed by atoms with van der Waals surface area (Å²) >= 11 is 1.68. The fraction of sp³-hybridized carbons (Fsp3) is 0.346. The van der Waals surface area contributed by atoms with Gasteiger partial charge in [-0.3, -0.25) is 14.6 Å². The second-order valence-corrected chi connectivity index (χ2v) is 9.50. The molecule has 2 aliphatic rings. The molecular formula is C26H29N3O2S. The second-order valence-electron chi connectivity index (χ2n) is 8.52. The summed E-state index contributed by atoms with van der Waals surface area (Å²) in [4.78, 5) is 18.8. The molecule has 1 saturated heterocycles. The molecule has 0 radical (unpaired) electrons. The summed E-state index contributed by atoms with van der Waals surface area (Å²) in [6.07, 6.45) is 1.02. The molecule has 2 aromatic carbocycles. The standard InChI is InChI=1S/C26H29N3O2S/c30-25(27-26(24-7-4-16-32-24)21-5-2-1-3-6-21)19-29-13-11-28(12-14-29)18-20-8-9-23-22(17-20)10-15-31-23/h1-9,16-17,26H,10-15,18-19H2,(H,27,30). The van der Waals surface area contributed by atoms with Gasteiger partial charge in [-0.15, -0.1) is 11.3 Å². The van der Waals surface area contributed by atoms with E-state index in [1.54, 1.807) is 11.3 Å². The van der Waals surface area contributed by atoms with Gasteiger partial charge in [0.25, 0.3) is 0 Å². The van der Waals surface area contributed by atoms with Crippen LogP contribution in [0.3, 0.4) is 0 Å². The maximum atomic E-state index is 12.9. The molecule has 1 fully saturated rings. The molecule has 6 heteroatoms. The summed E-state index contributed by atoms with van der Waals surface area (Å²) in [5, 5.41) is 5.32. The Hall–Kier alpha value is -2.67. The van der Waals surface area contributed by atoms with Gasteiger partial charge < -0.3 is 10.1 Å². The molecule has 1 unspecified atom stereocenters. The average molecular weight is 448 g/mol. The number of carbonyl (C=O) groups is 1. The minimum Gasteiger partial charge on any atom is -0.493 e. The van der Waals surface area contributed by atoms with Crippen LogP contribution in [0.5, 0.6) is 5.75 Å². The minimum absolute atomic E-state index is 0.0827. The van der Waals surface area contributed by atoms with Crippen molar-refractivity contribution in [2.75, 3.05) is 39.3 Å². The molecule has 2 aliphatic heterocycles. The van der Waals surface area contributed by atoms with Crippen LogP contribution in [0.15, 0.2) is 66.0 Å². The number of carbonyl (C=O) groups excluding carboxylic acids is 1. The number of ether oxygens (including phenoxy) is 1. The number of hydrogen-bond donors (Lipinski definition) is 1. The van der Waals surface area contributed by atoms with Crippen LogP contribution >= 0.6 is 11.3 Å². The number of rotatable bonds is 7. The molecule has 1 N–H and O–H groups in total. The van der Waals surface area contributed by atoms with Crippen LogP contribution < -0.4 is 10.1 Å². The fourth-order valence-electron chi connectivity index (χ4n) is 4.53. The van der Waals surface area contributed by atoms with Gasteiger partial charge in [0.2, 0.25) is 5.91 Å². The van der Waals surface area contributed by atoms with Gasteiger partial charge in [-0.05, 0) is 34.2 Å². The van der Waals surface area contributed by atoms with E-state index < -0.39 is 0 Å². The number of amides is 1. The molecule has 166 valence electrons. The predicted octanol–water partition coefficient (Wildman–Crippen LogP) is 3.71. The third-order valence-electron chi connectivity index (χ3n) is 6.26. The Morgan fingerprint density at radius 3 is 2.59 bits per heavy atom. The smallest absolute Gasteiger partial charge is 0.234 e. The molecule has 1 amide bonds. The Morgan fingerprint density at radius 1 is 1.00 bits per heavy atom. The highest BCUT2D eigenvalue weighted by Gasteiger charge is 2.22. The number of piperazine rings is 1. The van der Waals surface area contributed by atoms with Crippen molar-refractivity contribution in [1.82, 2.24) is 15.1 Å². The normalized spacial score (nSPS) is 17.5. The van der Waals surface area contributed by atoms with Crippen molar-refractivity contribution in [3.05, 3.63) is 87.6 Å². The van der Waals surface area contributed by atoms with E-state index in [9.17, 15) is 4.79 Å². The van der Waals surface area contributed by atoms with Crippen molar-refractivity contribution in [3.63, 3.8) is 0 Å². The molecule has 0 spiro atoms. The highest BCUT2D eigenvalue weighted by Crippen LogP contribution is 2.27. The molecule has 1 aromatic heterocycles. The number of hydrogen-bond acceptors (Lipinski definition) is 5. The number of fused-ring (bicyclic) bond motifs is 1. The lowest BCUT2D eigenvalue weighted by atomic mass is 10.1. The summed E-state index contributed by atoms with van der Waals surface area (Å²) < 4.78 is 5.62. The van der Waals surface area contributed by atoms with Crippen molar-refractivity contribution in [2.45, 2.75) is 19.0 Å². The van der Waals surface area contributed by atoms with Crippen LogP contribution in [-0.4, -0.2) is 55.0 Å². The zero-order valence-electron chi connectivity index (χ0n) is 18.2. The van der Waals surface area contributed by atoms with Crippen molar-refractivity contribution in [1.29, 1.82) is 0 Å². The minimum atomic E-state index is -0.0891. The van der Waals surface area contributed by atoms with E-state index in [1.165, 1.54) is 11.1 Å². The molecule has 3 heterocycles. The SMILES string of the molecule is O=C(CN1CCN(Cc2ccc3c(c2)CCO3)CC1)NC(c1ccccc1)c1cccs1. The van der Waals surface area contributed by atoms with Crippen molar-refractivity contribution in [2.24, 2.45) is 0 Å². The molecule has 32 heavy (non-hydrogen) atoms. The van der Waals surface area contributed by atoms with Crippen LogP contribution in [-0.2, 0) is 17.8 Å². The summed E-state index contributed by atoms with van der Waals surface area (Å²) in [5.41, 5.74) is 3.80. The van der Waals surface area contributed by atoms with Gasteiger partial charge in [-0.25, -0.2) is 0 Å². The highest BCUT2D eigenvalue weighted by atomic mass is 32.1. The van der Waals surface area contributed by atoms with Crippen LogP contribution in [0.1, 0.15) is 27.6 Å². The Kier molecular flexibility index (Phi) is 6.53. The lowest BCUT2D eigenvalue weighted by Crippen LogP contribution is -2.49. The first-order valence-corrected chi connectivity index (χ1v) is 12.2. The van der Waals surface area contributed by atoms with E-state index in [1.807, 2.05) is 24.3 Å². The number of nitrogens with one attached hydrogen (secondary N) is 1. The molecule has 1 atom stereocenters. The quantitative estimate of drug-likeness (QED) is 0.600. The third kappa shape index (κ3) is 5.04. The third-order valence-corrected chi connectivity index (χ3v) is 7.20. The van der Waals surface area contributed by atoms with E-state index in [0.717, 1.165) is 61.9 Å². The van der Waals surface area contributed by atoms with Crippen LogP contribution in [0.2, 0.25) is 0 Å². The Bertz CT molecular complexity index is 1030. The highest BCUT2D eigenvalue weighted by molar-refractivity contribution is 7.10. The molecule has 3 aromatic rings. The molecule has 0 aliphatic carbocycles. The number of nitrogens with zero attached hydrogens (tertiary/aromatic N) is 2. The average Bonchev–Trinajstić information content (AvgIpc) is 3.51. The van der Waals surface area contributed by atoms with E-state index in [-0.39, 0.29) is 11.9 Å². The first kappa shape index (κ1) is 21.2. The van der Waals surface area contributed by atoms with Crippen LogP contribution in [0, 0.1) is 0 Å². The lowest BCUT2D eigenvalue weighted by Gasteiger charge is -2.34. The van der Waals surface area contributed by atoms with E-state index in [2.05, 4.69) is 56.9 Å². The molecular weight excluding hydrogens is 418 g/mol. The van der Waals surface area contributed by atoms with E-state index in [4.69, 9.17) is 4.74 Å². The summed E-state index contributed by atoms with van der Waals surface area (Å²) in [5.74, 6) is 1.13. The van der Waals surface area contributed by atoms with Gasteiger partial charge >= 0.3 is 0 Å². The van der Waals surface area contributed by atoms with Gasteiger partial charge in [0.05, 0.1) is 19.2 Å². The lowest BCUT2D eigenvalue weighted by molar-refractivity contribution is -0.123. The van der Waals surface area contributed by atoms with Crippen LogP contribution in [0.4, 0.5) is 0 Å². The Morgan fingerprint density at radius 2 is 1.81 bits per heavy atom. The number of benzene rings is 2. The summed E-state index contributed by atoms with van der Waals surface area (Å²) in [6, 6.07) is 20.8. The Labute approximate surface area is 193 Å². The van der Waals surface area contributed by atoms with Gasteiger partial charge in [0.1, 0.15) is 5.75 Å². The molecule has 0 bridgehead atoms. The molecule has 5 nitrogen and oxygen atoms in total. The predicted molar refractivity (Wildman–Crippen MR) is 128 cm³/mol. The summed E-state index contributed by atoms with van der Waals surface area (Å²) in [7, 11) is 0. The van der Waals surface area contributed by atoms with E-state index >= 15 is 0 Å². The van der Waals surface area contributed by atoms with Crippen molar-refractivity contribution in [3.8, 4) is 5.75 Å². The largest absolute Gasteiger partial charge is 0.493 e. The summed E-state index contributed by atoms with van der Waals surface area (Å²) in [6.45, 7) is 5.99. The maximum Gasteiger partial charge on any atom is 0.234 e. The van der Waals surface area contributed by atoms with Gasteiger partial charge in [-0.2, -0.15) is 0 Å². The first-order valence-electron chi connectivity index (χ1n) is 11.3. The first-order chi connectivity index (χ1) is 15.7. The van der Waals surface area contributed by atoms with Crippen molar-refractivity contribution >= 4 is 17.2 Å². The zero-order valence-corrected chi connectivity index (χ0v) is 19.0. The van der Waals surface area contributed by atoms with Gasteiger partial charge in [-0.1, -0.05) is 48.5 Å². The van der Waals surface area contributed by atoms with Crippen molar-refractivity contribution < 1.29 is 9.53 Å².